The Kier molecular flexibility index (Phi) is 5.61. The second kappa shape index (κ2) is 8.83. The average Bonchev–Trinajstić information content (AvgIpc) is 2.76. The van der Waals surface area contributed by atoms with Crippen LogP contribution in [0.2, 0.25) is 0 Å². The summed E-state index contributed by atoms with van der Waals surface area (Å²) < 4.78 is 5.82. The standard InChI is InChI=1S/C23H19N5O2/c1-2-6-22(29)28-21-13-19-20(14-24-21)25-15-26-23(19)27-16-9-11-18(12-10-16)30-17-7-4-3-5-8-17/h2-15H,1H3,(H,24,28,29)(H,25,26,27). The number of nitrogens with zero attached hydrogens (tertiary/aromatic N) is 3. The van der Waals surface area contributed by atoms with Gasteiger partial charge >= 0.3 is 0 Å². The fraction of sp³-hybridized carbons (Fsp3) is 0.0435. The van der Waals surface area contributed by atoms with Crippen LogP contribution in [0.15, 0.2) is 85.3 Å². The topological polar surface area (TPSA) is 89.0 Å². The van der Waals surface area contributed by atoms with E-state index in [9.17, 15) is 4.79 Å². The number of carbonyl (C=O) groups excluding carboxylic acids is 1. The van der Waals surface area contributed by atoms with E-state index in [2.05, 4.69) is 25.6 Å². The summed E-state index contributed by atoms with van der Waals surface area (Å²) in [5, 5.41) is 6.75. The third-order valence-corrected chi connectivity index (χ3v) is 4.19. The van der Waals surface area contributed by atoms with Gasteiger partial charge in [-0.15, -0.1) is 0 Å². The lowest BCUT2D eigenvalue weighted by atomic mass is 10.2. The van der Waals surface area contributed by atoms with E-state index in [-0.39, 0.29) is 5.91 Å². The molecule has 2 aromatic carbocycles. The van der Waals surface area contributed by atoms with Crippen LogP contribution in [0.4, 0.5) is 17.3 Å². The van der Waals surface area contributed by atoms with Crippen LogP contribution in [-0.2, 0) is 4.79 Å². The predicted molar refractivity (Wildman–Crippen MR) is 117 cm³/mol. The van der Waals surface area contributed by atoms with E-state index in [0.29, 0.717) is 17.2 Å². The van der Waals surface area contributed by atoms with E-state index >= 15 is 0 Å². The van der Waals surface area contributed by atoms with Gasteiger partial charge in [0, 0.05) is 11.1 Å². The number of nitrogens with one attached hydrogen (secondary N) is 2. The number of allylic oxidation sites excluding steroid dienone is 1. The van der Waals surface area contributed by atoms with Crippen molar-refractivity contribution in [3.8, 4) is 11.5 Å². The number of anilines is 3. The minimum absolute atomic E-state index is 0.246. The van der Waals surface area contributed by atoms with Crippen molar-refractivity contribution in [3.63, 3.8) is 0 Å². The summed E-state index contributed by atoms with van der Waals surface area (Å²) in [6.45, 7) is 1.78. The van der Waals surface area contributed by atoms with Crippen LogP contribution in [0, 0.1) is 0 Å². The van der Waals surface area contributed by atoms with E-state index in [1.54, 1.807) is 25.3 Å². The Balaban J connectivity index is 1.54. The fourth-order valence-corrected chi connectivity index (χ4v) is 2.81. The Morgan fingerprint density at radius 1 is 0.967 bits per heavy atom. The lowest BCUT2D eigenvalue weighted by Gasteiger charge is -2.10. The molecule has 1 amide bonds. The first-order valence-corrected chi connectivity index (χ1v) is 9.36. The lowest BCUT2D eigenvalue weighted by Crippen LogP contribution is -2.09. The maximum atomic E-state index is 11.8. The molecule has 7 nitrogen and oxygen atoms in total. The molecule has 2 aromatic heterocycles. The van der Waals surface area contributed by atoms with Gasteiger partial charge in [-0.05, 0) is 55.5 Å². The van der Waals surface area contributed by atoms with Gasteiger partial charge in [-0.2, -0.15) is 0 Å². The van der Waals surface area contributed by atoms with Crippen LogP contribution >= 0.6 is 0 Å². The van der Waals surface area contributed by atoms with E-state index in [1.807, 2.05) is 54.6 Å². The number of aromatic nitrogens is 3. The Bertz CT molecular complexity index is 1190. The van der Waals surface area contributed by atoms with Crippen molar-refractivity contribution in [3.05, 3.63) is 85.3 Å². The highest BCUT2D eigenvalue weighted by Crippen LogP contribution is 2.27. The largest absolute Gasteiger partial charge is 0.457 e. The number of para-hydroxylation sites is 1. The van der Waals surface area contributed by atoms with Crippen LogP contribution in [-0.4, -0.2) is 20.9 Å². The minimum atomic E-state index is -0.246. The summed E-state index contributed by atoms with van der Waals surface area (Å²) >= 11 is 0. The molecule has 2 N–H and O–H groups in total. The molecule has 0 fully saturated rings. The molecular weight excluding hydrogens is 378 g/mol. The molecule has 30 heavy (non-hydrogen) atoms. The number of hydrogen-bond acceptors (Lipinski definition) is 6. The van der Waals surface area contributed by atoms with Gasteiger partial charge in [0.15, 0.2) is 0 Å². The molecule has 2 heterocycles. The summed E-state index contributed by atoms with van der Waals surface area (Å²) in [6, 6.07) is 18.9. The molecule has 0 radical (unpaired) electrons. The number of pyridine rings is 1. The zero-order chi connectivity index (χ0) is 20.8. The van der Waals surface area contributed by atoms with E-state index in [0.717, 1.165) is 22.6 Å². The number of rotatable bonds is 6. The van der Waals surface area contributed by atoms with Crippen molar-refractivity contribution in [1.29, 1.82) is 0 Å². The van der Waals surface area contributed by atoms with Crippen molar-refractivity contribution < 1.29 is 9.53 Å². The van der Waals surface area contributed by atoms with Crippen molar-refractivity contribution in [1.82, 2.24) is 15.0 Å². The molecule has 4 rings (SSSR count). The van der Waals surface area contributed by atoms with Gasteiger partial charge in [-0.3, -0.25) is 4.79 Å². The molecule has 0 spiro atoms. The number of fused-ring (bicyclic) bond motifs is 1. The summed E-state index contributed by atoms with van der Waals surface area (Å²) in [5.74, 6) is 2.30. The lowest BCUT2D eigenvalue weighted by molar-refractivity contribution is -0.111. The minimum Gasteiger partial charge on any atom is -0.457 e. The molecule has 0 aliphatic rings. The molecule has 0 atom stereocenters. The highest BCUT2D eigenvalue weighted by atomic mass is 16.5. The maximum absolute atomic E-state index is 11.8. The summed E-state index contributed by atoms with van der Waals surface area (Å²) in [4.78, 5) is 24.6. The van der Waals surface area contributed by atoms with Gasteiger partial charge in [0.25, 0.3) is 0 Å². The molecule has 0 unspecified atom stereocenters. The number of carbonyl (C=O) groups is 1. The molecule has 0 bridgehead atoms. The fourth-order valence-electron chi connectivity index (χ4n) is 2.81. The third-order valence-electron chi connectivity index (χ3n) is 4.19. The molecule has 4 aromatic rings. The van der Waals surface area contributed by atoms with Gasteiger partial charge in [-0.25, -0.2) is 15.0 Å². The number of hydrogen-bond donors (Lipinski definition) is 2. The average molecular weight is 397 g/mol. The van der Waals surface area contributed by atoms with Crippen LogP contribution in [0.3, 0.4) is 0 Å². The van der Waals surface area contributed by atoms with Crippen LogP contribution < -0.4 is 15.4 Å². The Morgan fingerprint density at radius 2 is 1.73 bits per heavy atom. The molecule has 7 heteroatoms. The zero-order valence-corrected chi connectivity index (χ0v) is 16.2. The van der Waals surface area contributed by atoms with Gasteiger partial charge in [0.2, 0.25) is 5.91 Å². The first-order chi connectivity index (χ1) is 14.7. The van der Waals surface area contributed by atoms with Crippen LogP contribution in [0.5, 0.6) is 11.5 Å². The molecular formula is C23H19N5O2. The number of ether oxygens (including phenoxy) is 1. The molecule has 0 saturated heterocycles. The SMILES string of the molecule is CC=CC(=O)Nc1cc2c(Nc3ccc(Oc4ccccc4)cc3)ncnc2cn1. The Labute approximate surface area is 173 Å². The first-order valence-electron chi connectivity index (χ1n) is 9.36. The highest BCUT2D eigenvalue weighted by molar-refractivity contribution is 6.00. The molecule has 0 aliphatic carbocycles. The number of amides is 1. The maximum Gasteiger partial charge on any atom is 0.249 e. The third kappa shape index (κ3) is 4.59. The normalized spacial score (nSPS) is 10.8. The first kappa shape index (κ1) is 19.1. The van der Waals surface area contributed by atoms with Gasteiger partial charge in [0.1, 0.15) is 29.5 Å². The highest BCUT2D eigenvalue weighted by Gasteiger charge is 2.08. The van der Waals surface area contributed by atoms with E-state index in [4.69, 9.17) is 4.74 Å². The second-order valence-corrected chi connectivity index (χ2v) is 6.36. The second-order valence-electron chi connectivity index (χ2n) is 6.36. The van der Waals surface area contributed by atoms with Crippen molar-refractivity contribution >= 4 is 34.1 Å². The molecule has 148 valence electrons. The quantitative estimate of drug-likeness (QED) is 0.441. The smallest absolute Gasteiger partial charge is 0.249 e. The predicted octanol–water partition coefficient (Wildman–Crippen LogP) is 5.08. The number of benzene rings is 2. The van der Waals surface area contributed by atoms with Crippen LogP contribution in [0.1, 0.15) is 6.92 Å². The summed E-state index contributed by atoms with van der Waals surface area (Å²) in [6.07, 6.45) is 6.17. The van der Waals surface area contributed by atoms with Crippen molar-refractivity contribution in [2.75, 3.05) is 10.6 Å². The van der Waals surface area contributed by atoms with Crippen molar-refractivity contribution in [2.24, 2.45) is 0 Å². The van der Waals surface area contributed by atoms with Crippen molar-refractivity contribution in [2.45, 2.75) is 6.92 Å². The zero-order valence-electron chi connectivity index (χ0n) is 16.2. The van der Waals surface area contributed by atoms with E-state index in [1.165, 1.54) is 12.4 Å². The summed E-state index contributed by atoms with van der Waals surface area (Å²) in [7, 11) is 0. The van der Waals surface area contributed by atoms with E-state index < -0.39 is 0 Å². The molecule has 0 aliphatic heterocycles. The Hall–Kier alpha value is -4.26. The molecule has 0 saturated carbocycles. The van der Waals surface area contributed by atoms with Gasteiger partial charge < -0.3 is 15.4 Å². The Morgan fingerprint density at radius 3 is 2.50 bits per heavy atom. The monoisotopic (exact) mass is 397 g/mol. The van der Waals surface area contributed by atoms with Crippen LogP contribution in [0.25, 0.3) is 10.9 Å². The summed E-state index contributed by atoms with van der Waals surface area (Å²) in [5.41, 5.74) is 1.51. The van der Waals surface area contributed by atoms with Gasteiger partial charge in [0.05, 0.1) is 11.7 Å². The van der Waals surface area contributed by atoms with Gasteiger partial charge in [-0.1, -0.05) is 24.3 Å².